The maximum Gasteiger partial charge on any atom is 0.325 e. The van der Waals surface area contributed by atoms with Gasteiger partial charge in [0.1, 0.15) is 5.54 Å². The molecule has 17 heavy (non-hydrogen) atoms. The Morgan fingerprint density at radius 1 is 1.71 bits per heavy atom. The van der Waals surface area contributed by atoms with Crippen LogP contribution in [0, 0.1) is 6.92 Å². The standard InChI is InChI=1S/C11H18N4O2/c1-8-9(5-13-14(8)2)6-15-4-3-11(12,7-15)10(16)17/h5H,3-4,6-7,12H2,1-2H3,(H,16,17). The summed E-state index contributed by atoms with van der Waals surface area (Å²) in [5.74, 6) is -0.914. The average Bonchev–Trinajstić information content (AvgIpc) is 2.78. The van der Waals surface area contributed by atoms with E-state index in [2.05, 4.69) is 10.00 Å². The van der Waals surface area contributed by atoms with Crippen molar-refractivity contribution < 1.29 is 9.90 Å². The quantitative estimate of drug-likeness (QED) is 0.756. The van der Waals surface area contributed by atoms with E-state index in [0.29, 0.717) is 19.5 Å². The number of aryl methyl sites for hydroxylation is 1. The molecule has 3 N–H and O–H groups in total. The number of carboxylic acids is 1. The van der Waals surface area contributed by atoms with Crippen molar-refractivity contribution in [2.45, 2.75) is 25.4 Å². The van der Waals surface area contributed by atoms with Gasteiger partial charge in [-0.15, -0.1) is 0 Å². The van der Waals surface area contributed by atoms with E-state index in [1.165, 1.54) is 0 Å². The van der Waals surface area contributed by atoms with Gasteiger partial charge >= 0.3 is 5.97 Å². The molecule has 94 valence electrons. The van der Waals surface area contributed by atoms with Gasteiger partial charge in [0.25, 0.3) is 0 Å². The predicted molar refractivity (Wildman–Crippen MR) is 62.4 cm³/mol. The van der Waals surface area contributed by atoms with E-state index in [0.717, 1.165) is 17.8 Å². The van der Waals surface area contributed by atoms with E-state index in [9.17, 15) is 4.79 Å². The molecule has 0 spiro atoms. The molecule has 1 unspecified atom stereocenters. The van der Waals surface area contributed by atoms with Crippen LogP contribution in [0.5, 0.6) is 0 Å². The second-order valence-electron chi connectivity index (χ2n) is 4.80. The van der Waals surface area contributed by atoms with Crippen LogP contribution in [0.1, 0.15) is 17.7 Å². The summed E-state index contributed by atoms with van der Waals surface area (Å²) >= 11 is 0. The van der Waals surface area contributed by atoms with Crippen molar-refractivity contribution in [1.29, 1.82) is 0 Å². The minimum Gasteiger partial charge on any atom is -0.480 e. The van der Waals surface area contributed by atoms with Crippen LogP contribution in [-0.4, -0.2) is 44.4 Å². The van der Waals surface area contributed by atoms with Crippen molar-refractivity contribution in [1.82, 2.24) is 14.7 Å². The SMILES string of the molecule is Cc1c(CN2CCC(N)(C(=O)O)C2)cnn1C. The number of hydrogen-bond acceptors (Lipinski definition) is 4. The number of carboxylic acid groups (broad SMARTS) is 1. The molecule has 6 heteroatoms. The smallest absolute Gasteiger partial charge is 0.325 e. The van der Waals surface area contributed by atoms with E-state index in [1.807, 2.05) is 24.9 Å². The van der Waals surface area contributed by atoms with E-state index < -0.39 is 11.5 Å². The maximum absolute atomic E-state index is 11.0. The van der Waals surface area contributed by atoms with Crippen LogP contribution in [0.15, 0.2) is 6.20 Å². The van der Waals surface area contributed by atoms with Crippen LogP contribution < -0.4 is 5.73 Å². The summed E-state index contributed by atoms with van der Waals surface area (Å²) in [6.45, 7) is 3.84. The van der Waals surface area contributed by atoms with Gasteiger partial charge in [0.05, 0.1) is 6.20 Å². The van der Waals surface area contributed by atoms with Crippen LogP contribution in [-0.2, 0) is 18.4 Å². The van der Waals surface area contributed by atoms with E-state index >= 15 is 0 Å². The molecule has 0 radical (unpaired) electrons. The van der Waals surface area contributed by atoms with Crippen LogP contribution in [0.3, 0.4) is 0 Å². The minimum absolute atomic E-state index is 0.399. The molecule has 1 saturated heterocycles. The Morgan fingerprint density at radius 3 is 2.88 bits per heavy atom. The van der Waals surface area contributed by atoms with Crippen molar-refractivity contribution in [3.05, 3.63) is 17.5 Å². The molecule has 1 aromatic heterocycles. The van der Waals surface area contributed by atoms with Gasteiger partial charge in [-0.25, -0.2) is 0 Å². The largest absolute Gasteiger partial charge is 0.480 e. The second kappa shape index (κ2) is 4.12. The fraction of sp³-hybridized carbons (Fsp3) is 0.636. The van der Waals surface area contributed by atoms with Gasteiger partial charge in [-0.1, -0.05) is 0 Å². The van der Waals surface area contributed by atoms with Crippen LogP contribution >= 0.6 is 0 Å². The molecule has 2 rings (SSSR count). The third-order valence-electron chi connectivity index (χ3n) is 3.54. The topological polar surface area (TPSA) is 84.4 Å². The molecule has 1 fully saturated rings. The highest BCUT2D eigenvalue weighted by Gasteiger charge is 2.41. The highest BCUT2D eigenvalue weighted by Crippen LogP contribution is 2.21. The molecule has 1 aliphatic rings. The summed E-state index contributed by atoms with van der Waals surface area (Å²) in [6.07, 6.45) is 2.33. The fourth-order valence-corrected chi connectivity index (χ4v) is 2.16. The highest BCUT2D eigenvalue weighted by molar-refractivity contribution is 5.79. The Labute approximate surface area is 100 Å². The van der Waals surface area contributed by atoms with Crippen LogP contribution in [0.25, 0.3) is 0 Å². The third-order valence-corrected chi connectivity index (χ3v) is 3.54. The Hall–Kier alpha value is -1.40. The van der Waals surface area contributed by atoms with Gasteiger partial charge in [0, 0.05) is 37.9 Å². The summed E-state index contributed by atoms with van der Waals surface area (Å²) in [5, 5.41) is 13.2. The molecule has 0 bridgehead atoms. The first kappa shape index (κ1) is 12.1. The van der Waals surface area contributed by atoms with E-state index in [4.69, 9.17) is 10.8 Å². The minimum atomic E-state index is -1.09. The molecule has 1 aromatic rings. The molecular formula is C11H18N4O2. The first-order chi connectivity index (χ1) is 7.92. The van der Waals surface area contributed by atoms with Gasteiger partial charge in [-0.2, -0.15) is 5.10 Å². The molecular weight excluding hydrogens is 220 g/mol. The molecule has 2 heterocycles. The van der Waals surface area contributed by atoms with Crippen LogP contribution in [0.4, 0.5) is 0 Å². The molecule has 0 aromatic carbocycles. The number of nitrogens with zero attached hydrogens (tertiary/aromatic N) is 3. The first-order valence-corrected chi connectivity index (χ1v) is 5.64. The zero-order chi connectivity index (χ0) is 12.6. The molecule has 1 aliphatic heterocycles. The number of likely N-dealkylation sites (tertiary alicyclic amines) is 1. The lowest BCUT2D eigenvalue weighted by atomic mass is 10.0. The van der Waals surface area contributed by atoms with E-state index in [-0.39, 0.29) is 0 Å². The van der Waals surface area contributed by atoms with Gasteiger partial charge in [0.15, 0.2) is 0 Å². The summed E-state index contributed by atoms with van der Waals surface area (Å²) in [7, 11) is 1.90. The molecule has 6 nitrogen and oxygen atoms in total. The van der Waals surface area contributed by atoms with Gasteiger partial charge in [-0.05, 0) is 13.3 Å². The predicted octanol–water partition coefficient (Wildman–Crippen LogP) is -0.284. The monoisotopic (exact) mass is 238 g/mol. The van der Waals surface area contributed by atoms with Crippen molar-refractivity contribution in [2.24, 2.45) is 12.8 Å². The van der Waals surface area contributed by atoms with Gasteiger partial charge in [0.2, 0.25) is 0 Å². The van der Waals surface area contributed by atoms with Crippen molar-refractivity contribution in [3.63, 3.8) is 0 Å². The zero-order valence-corrected chi connectivity index (χ0v) is 10.2. The van der Waals surface area contributed by atoms with E-state index in [1.54, 1.807) is 0 Å². The van der Waals surface area contributed by atoms with Gasteiger partial charge in [-0.3, -0.25) is 14.4 Å². The highest BCUT2D eigenvalue weighted by atomic mass is 16.4. The third kappa shape index (κ3) is 2.18. The van der Waals surface area contributed by atoms with Crippen LogP contribution in [0.2, 0.25) is 0 Å². The summed E-state index contributed by atoms with van der Waals surface area (Å²) in [6, 6.07) is 0. The summed E-state index contributed by atoms with van der Waals surface area (Å²) in [5.41, 5.74) is 6.97. The normalized spacial score (nSPS) is 25.4. The molecule has 1 atom stereocenters. The number of aromatic nitrogens is 2. The first-order valence-electron chi connectivity index (χ1n) is 5.64. The number of rotatable bonds is 3. The Balaban J connectivity index is 2.03. The van der Waals surface area contributed by atoms with Crippen molar-refractivity contribution in [2.75, 3.05) is 13.1 Å². The number of aliphatic carboxylic acids is 1. The van der Waals surface area contributed by atoms with Gasteiger partial charge < -0.3 is 10.8 Å². The number of hydrogen-bond donors (Lipinski definition) is 2. The number of nitrogens with two attached hydrogens (primary N) is 1. The second-order valence-corrected chi connectivity index (χ2v) is 4.80. The number of carbonyl (C=O) groups is 1. The summed E-state index contributed by atoms with van der Waals surface area (Å²) in [4.78, 5) is 13.1. The van der Waals surface area contributed by atoms with Crippen molar-refractivity contribution >= 4 is 5.97 Å². The molecule has 0 saturated carbocycles. The summed E-state index contributed by atoms with van der Waals surface area (Å²) < 4.78 is 1.82. The Morgan fingerprint density at radius 2 is 2.41 bits per heavy atom. The lowest BCUT2D eigenvalue weighted by molar-refractivity contribution is -0.142. The zero-order valence-electron chi connectivity index (χ0n) is 10.2. The molecule has 0 aliphatic carbocycles. The lowest BCUT2D eigenvalue weighted by Crippen LogP contribution is -2.50. The average molecular weight is 238 g/mol. The Bertz CT molecular complexity index is 443. The maximum atomic E-state index is 11.0. The fourth-order valence-electron chi connectivity index (χ4n) is 2.16. The molecule has 0 amide bonds. The Kier molecular flexibility index (Phi) is 2.92. The lowest BCUT2D eigenvalue weighted by Gasteiger charge is -2.19. The van der Waals surface area contributed by atoms with Crippen molar-refractivity contribution in [3.8, 4) is 0 Å².